The molecule has 0 aliphatic rings. The number of aromatic nitrogens is 2. The maximum atomic E-state index is 13.6. The van der Waals surface area contributed by atoms with Gasteiger partial charge in [0, 0.05) is 22.7 Å². The van der Waals surface area contributed by atoms with Crippen LogP contribution in [0.2, 0.25) is 5.02 Å². The summed E-state index contributed by atoms with van der Waals surface area (Å²) < 4.78 is 23.8. The number of carbonyl (C=O) groups is 2. The van der Waals surface area contributed by atoms with Gasteiger partial charge in [-0.05, 0) is 55.8 Å². The molecule has 0 spiro atoms. The maximum absolute atomic E-state index is 13.6. The molecule has 30 heavy (non-hydrogen) atoms. The number of esters is 1. The SMILES string of the molecule is Cc1ccc(NC(=O)C(C)OC(=O)CCc2nc(-c3ccc(Cl)cc3)no2)cc1F. The molecule has 1 unspecified atom stereocenters. The highest BCUT2D eigenvalue weighted by Gasteiger charge is 2.19. The van der Waals surface area contributed by atoms with Crippen LogP contribution in [0.15, 0.2) is 47.0 Å². The van der Waals surface area contributed by atoms with Gasteiger partial charge in [0.25, 0.3) is 5.91 Å². The van der Waals surface area contributed by atoms with Gasteiger partial charge in [-0.1, -0.05) is 22.8 Å². The summed E-state index contributed by atoms with van der Waals surface area (Å²) in [7, 11) is 0. The van der Waals surface area contributed by atoms with Crippen molar-refractivity contribution < 1.29 is 23.2 Å². The number of nitrogens with one attached hydrogen (secondary N) is 1. The Morgan fingerprint density at radius 1 is 1.23 bits per heavy atom. The predicted octanol–water partition coefficient (Wildman–Crippen LogP) is 4.34. The van der Waals surface area contributed by atoms with Crippen LogP contribution < -0.4 is 5.32 Å². The summed E-state index contributed by atoms with van der Waals surface area (Å²) in [6.45, 7) is 3.05. The van der Waals surface area contributed by atoms with Crippen molar-refractivity contribution >= 4 is 29.2 Å². The molecule has 1 N–H and O–H groups in total. The summed E-state index contributed by atoms with van der Waals surface area (Å²) in [4.78, 5) is 28.4. The third-order valence-electron chi connectivity index (χ3n) is 4.23. The van der Waals surface area contributed by atoms with E-state index in [0.29, 0.717) is 16.4 Å². The lowest BCUT2D eigenvalue weighted by molar-refractivity contribution is -0.153. The van der Waals surface area contributed by atoms with Gasteiger partial charge in [-0.25, -0.2) is 4.39 Å². The number of ether oxygens (including phenoxy) is 1. The lowest BCUT2D eigenvalue weighted by Crippen LogP contribution is -2.30. The Balaban J connectivity index is 1.48. The number of hydrogen-bond acceptors (Lipinski definition) is 6. The van der Waals surface area contributed by atoms with Gasteiger partial charge in [0.05, 0.1) is 6.42 Å². The molecule has 1 heterocycles. The van der Waals surface area contributed by atoms with E-state index >= 15 is 0 Å². The molecule has 9 heteroatoms. The molecular formula is C21H19ClFN3O4. The highest BCUT2D eigenvalue weighted by atomic mass is 35.5. The first-order valence-corrected chi connectivity index (χ1v) is 9.54. The third-order valence-corrected chi connectivity index (χ3v) is 4.48. The standard InChI is InChI=1S/C21H19ClFN3O4/c1-12-3-8-16(11-17(12)23)24-21(28)13(2)29-19(27)10-9-18-25-20(26-30-18)14-4-6-15(22)7-5-14/h3-8,11,13H,9-10H2,1-2H3,(H,24,28). The second-order valence-electron chi connectivity index (χ2n) is 6.60. The molecule has 0 aliphatic heterocycles. The summed E-state index contributed by atoms with van der Waals surface area (Å²) in [5.41, 5.74) is 1.48. The third kappa shape index (κ3) is 5.64. The van der Waals surface area contributed by atoms with Crippen molar-refractivity contribution in [1.82, 2.24) is 10.1 Å². The van der Waals surface area contributed by atoms with E-state index in [1.54, 1.807) is 43.3 Å². The summed E-state index contributed by atoms with van der Waals surface area (Å²) in [5, 5.41) is 6.97. The first-order chi connectivity index (χ1) is 14.3. The average Bonchev–Trinajstić information content (AvgIpc) is 3.19. The van der Waals surface area contributed by atoms with Gasteiger partial charge >= 0.3 is 5.97 Å². The van der Waals surface area contributed by atoms with E-state index in [1.165, 1.54) is 13.0 Å². The number of halogens is 2. The fourth-order valence-electron chi connectivity index (χ4n) is 2.51. The van der Waals surface area contributed by atoms with Crippen LogP contribution in [0.3, 0.4) is 0 Å². The van der Waals surface area contributed by atoms with E-state index in [-0.39, 0.29) is 24.4 Å². The van der Waals surface area contributed by atoms with Crippen LogP contribution in [0.4, 0.5) is 10.1 Å². The Morgan fingerprint density at radius 2 is 1.97 bits per heavy atom. The molecule has 0 radical (unpaired) electrons. The highest BCUT2D eigenvalue weighted by Crippen LogP contribution is 2.19. The molecule has 2 aromatic carbocycles. The predicted molar refractivity (Wildman–Crippen MR) is 108 cm³/mol. The van der Waals surface area contributed by atoms with Crippen molar-refractivity contribution in [2.75, 3.05) is 5.32 Å². The average molecular weight is 432 g/mol. The van der Waals surface area contributed by atoms with E-state index in [4.69, 9.17) is 20.9 Å². The minimum Gasteiger partial charge on any atom is -0.453 e. The number of aryl methyl sites for hydroxylation is 2. The smallest absolute Gasteiger partial charge is 0.307 e. The minimum absolute atomic E-state index is 0.0426. The maximum Gasteiger partial charge on any atom is 0.307 e. The summed E-state index contributed by atoms with van der Waals surface area (Å²) in [5.74, 6) is -0.944. The molecule has 156 valence electrons. The van der Waals surface area contributed by atoms with Crippen molar-refractivity contribution in [1.29, 1.82) is 0 Å². The Morgan fingerprint density at radius 3 is 2.67 bits per heavy atom. The van der Waals surface area contributed by atoms with Crippen LogP contribution in [0.1, 0.15) is 24.8 Å². The van der Waals surface area contributed by atoms with Gasteiger partial charge < -0.3 is 14.6 Å². The number of amides is 1. The molecule has 3 aromatic rings. The molecule has 7 nitrogen and oxygen atoms in total. The Kier molecular flexibility index (Phi) is 6.79. The fourth-order valence-corrected chi connectivity index (χ4v) is 2.63. The zero-order valence-electron chi connectivity index (χ0n) is 16.3. The van der Waals surface area contributed by atoms with Gasteiger partial charge in [-0.3, -0.25) is 9.59 Å². The monoisotopic (exact) mass is 431 g/mol. The summed E-state index contributed by atoms with van der Waals surface area (Å²) >= 11 is 5.85. The largest absolute Gasteiger partial charge is 0.453 e. The molecule has 0 fully saturated rings. The van der Waals surface area contributed by atoms with Crippen LogP contribution in [-0.2, 0) is 20.7 Å². The fraction of sp³-hybridized carbons (Fsp3) is 0.238. The number of rotatable bonds is 7. The van der Waals surface area contributed by atoms with Crippen LogP contribution in [0, 0.1) is 12.7 Å². The zero-order chi connectivity index (χ0) is 21.7. The molecule has 1 amide bonds. The molecule has 0 bridgehead atoms. The van der Waals surface area contributed by atoms with Gasteiger partial charge in [-0.15, -0.1) is 0 Å². The molecule has 3 rings (SSSR count). The lowest BCUT2D eigenvalue weighted by atomic mass is 10.2. The van der Waals surface area contributed by atoms with Crippen LogP contribution >= 0.6 is 11.6 Å². The van der Waals surface area contributed by atoms with Crippen molar-refractivity contribution in [3.05, 3.63) is 64.8 Å². The Bertz CT molecular complexity index is 1050. The van der Waals surface area contributed by atoms with Crippen molar-refractivity contribution in [3.63, 3.8) is 0 Å². The van der Waals surface area contributed by atoms with Crippen LogP contribution in [0.5, 0.6) is 0 Å². The number of anilines is 1. The Hall–Kier alpha value is -3.26. The number of carbonyl (C=O) groups excluding carboxylic acids is 2. The zero-order valence-corrected chi connectivity index (χ0v) is 17.1. The first kappa shape index (κ1) is 21.4. The summed E-state index contributed by atoms with van der Waals surface area (Å²) in [6.07, 6.45) is -0.926. The quantitative estimate of drug-likeness (QED) is 0.559. The number of nitrogens with zero attached hydrogens (tertiary/aromatic N) is 2. The molecule has 0 saturated carbocycles. The van der Waals surface area contributed by atoms with Crippen molar-refractivity contribution in [3.8, 4) is 11.4 Å². The Labute approximate surface area is 177 Å². The van der Waals surface area contributed by atoms with E-state index in [2.05, 4.69) is 15.5 Å². The highest BCUT2D eigenvalue weighted by molar-refractivity contribution is 6.30. The number of hydrogen-bond donors (Lipinski definition) is 1. The van der Waals surface area contributed by atoms with E-state index in [0.717, 1.165) is 5.56 Å². The van der Waals surface area contributed by atoms with Crippen LogP contribution in [-0.4, -0.2) is 28.1 Å². The second-order valence-corrected chi connectivity index (χ2v) is 7.04. The normalized spacial score (nSPS) is 11.7. The minimum atomic E-state index is -1.05. The van der Waals surface area contributed by atoms with Gasteiger partial charge in [0.2, 0.25) is 11.7 Å². The molecular weight excluding hydrogens is 413 g/mol. The van der Waals surface area contributed by atoms with Crippen LogP contribution in [0.25, 0.3) is 11.4 Å². The topological polar surface area (TPSA) is 94.3 Å². The summed E-state index contributed by atoms with van der Waals surface area (Å²) in [6, 6.07) is 11.2. The molecule has 0 saturated heterocycles. The molecule has 0 aliphatic carbocycles. The number of benzene rings is 2. The van der Waals surface area contributed by atoms with Crippen molar-refractivity contribution in [2.24, 2.45) is 0 Å². The van der Waals surface area contributed by atoms with Gasteiger partial charge in [0.15, 0.2) is 6.10 Å². The van der Waals surface area contributed by atoms with Crippen molar-refractivity contribution in [2.45, 2.75) is 32.8 Å². The molecule has 1 atom stereocenters. The van der Waals surface area contributed by atoms with E-state index in [9.17, 15) is 14.0 Å². The first-order valence-electron chi connectivity index (χ1n) is 9.17. The second kappa shape index (κ2) is 9.49. The molecule has 1 aromatic heterocycles. The lowest BCUT2D eigenvalue weighted by Gasteiger charge is -2.13. The van der Waals surface area contributed by atoms with Gasteiger partial charge in [0.1, 0.15) is 5.82 Å². The van der Waals surface area contributed by atoms with E-state index in [1.807, 2.05) is 0 Å². The van der Waals surface area contributed by atoms with E-state index < -0.39 is 23.8 Å². The van der Waals surface area contributed by atoms with Gasteiger partial charge in [-0.2, -0.15) is 4.98 Å².